The molecule has 0 bridgehead atoms. The van der Waals surface area contributed by atoms with Gasteiger partial charge in [0.1, 0.15) is 0 Å². The molecule has 2 aromatic carbocycles. The zero-order valence-corrected chi connectivity index (χ0v) is 10.6. The van der Waals surface area contributed by atoms with Gasteiger partial charge < -0.3 is 0 Å². The van der Waals surface area contributed by atoms with E-state index in [1.165, 1.54) is 5.56 Å². The second kappa shape index (κ2) is 5.11. The highest BCUT2D eigenvalue weighted by Gasteiger charge is 1.96. The average Bonchev–Trinajstić information content (AvgIpc) is 2.31. The smallest absolute Gasteiger partial charge is 0.0860 e. The normalized spacial score (nSPS) is 11.0. The van der Waals surface area contributed by atoms with E-state index in [0.29, 0.717) is 0 Å². The molecule has 0 spiro atoms. The van der Waals surface area contributed by atoms with E-state index in [-0.39, 0.29) is 0 Å². The molecule has 0 N–H and O–H groups in total. The van der Waals surface area contributed by atoms with Gasteiger partial charge in [-0.25, -0.2) is 0 Å². The van der Waals surface area contributed by atoms with Crippen molar-refractivity contribution in [2.24, 2.45) is 10.2 Å². The van der Waals surface area contributed by atoms with E-state index < -0.39 is 0 Å². The molecule has 0 unspecified atom stereocenters. The standard InChI is InChI=1S/C14H13ClN2/c1-10-4-3-5-12(8-10)16-17-13-6-7-14(15)11(2)9-13/h3-9H,1-2H3. The van der Waals surface area contributed by atoms with Crippen molar-refractivity contribution in [3.63, 3.8) is 0 Å². The molecular weight excluding hydrogens is 232 g/mol. The molecule has 0 aromatic heterocycles. The zero-order valence-electron chi connectivity index (χ0n) is 9.81. The van der Waals surface area contributed by atoms with Crippen LogP contribution in [0.5, 0.6) is 0 Å². The number of hydrogen-bond acceptors (Lipinski definition) is 2. The fourth-order valence-corrected chi connectivity index (χ4v) is 1.61. The molecule has 0 fully saturated rings. The van der Waals surface area contributed by atoms with E-state index >= 15 is 0 Å². The molecule has 2 rings (SSSR count). The number of halogens is 1. The Morgan fingerprint density at radius 1 is 0.882 bits per heavy atom. The van der Waals surface area contributed by atoms with Crippen LogP contribution in [0, 0.1) is 13.8 Å². The summed E-state index contributed by atoms with van der Waals surface area (Å²) in [5.41, 5.74) is 3.85. The van der Waals surface area contributed by atoms with Crippen LogP contribution in [-0.2, 0) is 0 Å². The molecule has 3 heteroatoms. The lowest BCUT2D eigenvalue weighted by Gasteiger charge is -1.98. The summed E-state index contributed by atoms with van der Waals surface area (Å²) in [6.45, 7) is 3.99. The van der Waals surface area contributed by atoms with E-state index in [1.807, 2.05) is 56.3 Å². The van der Waals surface area contributed by atoms with Gasteiger partial charge in [-0.05, 0) is 55.3 Å². The van der Waals surface area contributed by atoms with Gasteiger partial charge in [0.25, 0.3) is 0 Å². The number of hydrogen-bond donors (Lipinski definition) is 0. The van der Waals surface area contributed by atoms with Crippen LogP contribution in [0.15, 0.2) is 52.7 Å². The fourth-order valence-electron chi connectivity index (χ4n) is 1.50. The Morgan fingerprint density at radius 3 is 2.24 bits per heavy atom. The quantitative estimate of drug-likeness (QED) is 0.635. The third-order valence-electron chi connectivity index (χ3n) is 2.42. The molecule has 0 aliphatic rings. The molecular formula is C14H13ClN2. The topological polar surface area (TPSA) is 24.7 Å². The van der Waals surface area contributed by atoms with Gasteiger partial charge in [0.2, 0.25) is 0 Å². The Hall–Kier alpha value is -1.67. The molecule has 0 aliphatic heterocycles. The highest BCUT2D eigenvalue weighted by atomic mass is 35.5. The van der Waals surface area contributed by atoms with Crippen molar-refractivity contribution in [2.75, 3.05) is 0 Å². The number of benzene rings is 2. The first-order valence-electron chi connectivity index (χ1n) is 5.40. The minimum absolute atomic E-state index is 0.750. The maximum Gasteiger partial charge on any atom is 0.0860 e. The lowest BCUT2D eigenvalue weighted by molar-refractivity contribution is 1.22. The van der Waals surface area contributed by atoms with Crippen LogP contribution in [-0.4, -0.2) is 0 Å². The minimum atomic E-state index is 0.750. The predicted octanol–water partition coefficient (Wildman–Crippen LogP) is 5.37. The summed E-state index contributed by atoms with van der Waals surface area (Å²) in [5, 5.41) is 9.13. The number of rotatable bonds is 2. The summed E-state index contributed by atoms with van der Waals surface area (Å²) in [6, 6.07) is 13.5. The Kier molecular flexibility index (Phi) is 3.55. The monoisotopic (exact) mass is 244 g/mol. The Morgan fingerprint density at radius 2 is 1.59 bits per heavy atom. The molecule has 0 radical (unpaired) electrons. The second-order valence-corrected chi connectivity index (χ2v) is 4.38. The SMILES string of the molecule is Cc1cccc(N=Nc2ccc(Cl)c(C)c2)c1. The Labute approximate surface area is 106 Å². The molecule has 0 aliphatic carbocycles. The van der Waals surface area contributed by atoms with E-state index in [1.54, 1.807) is 0 Å². The summed E-state index contributed by atoms with van der Waals surface area (Å²) in [5.74, 6) is 0. The molecule has 2 aromatic rings. The van der Waals surface area contributed by atoms with Crippen LogP contribution in [0.25, 0.3) is 0 Å². The number of nitrogens with zero attached hydrogens (tertiary/aromatic N) is 2. The molecule has 0 heterocycles. The van der Waals surface area contributed by atoms with Gasteiger partial charge in [-0.2, -0.15) is 10.2 Å². The van der Waals surface area contributed by atoms with Crippen molar-refractivity contribution in [1.29, 1.82) is 0 Å². The van der Waals surface area contributed by atoms with E-state index in [0.717, 1.165) is 22.0 Å². The lowest BCUT2D eigenvalue weighted by atomic mass is 10.2. The van der Waals surface area contributed by atoms with Crippen LogP contribution in [0.1, 0.15) is 11.1 Å². The summed E-state index contributed by atoms with van der Waals surface area (Å²) >= 11 is 5.95. The van der Waals surface area contributed by atoms with Gasteiger partial charge in [-0.3, -0.25) is 0 Å². The van der Waals surface area contributed by atoms with Crippen molar-refractivity contribution in [1.82, 2.24) is 0 Å². The van der Waals surface area contributed by atoms with E-state index in [2.05, 4.69) is 10.2 Å². The molecule has 86 valence electrons. The summed E-state index contributed by atoms with van der Waals surface area (Å²) in [4.78, 5) is 0. The van der Waals surface area contributed by atoms with Gasteiger partial charge in [-0.1, -0.05) is 23.7 Å². The third-order valence-corrected chi connectivity index (χ3v) is 2.85. The van der Waals surface area contributed by atoms with Crippen LogP contribution in [0.4, 0.5) is 11.4 Å². The third kappa shape index (κ3) is 3.14. The number of azo groups is 1. The first-order valence-corrected chi connectivity index (χ1v) is 5.77. The van der Waals surface area contributed by atoms with Crippen molar-refractivity contribution in [3.8, 4) is 0 Å². The first kappa shape index (κ1) is 11.8. The summed E-state index contributed by atoms with van der Waals surface area (Å²) in [7, 11) is 0. The maximum atomic E-state index is 5.95. The molecule has 0 atom stereocenters. The molecule has 0 saturated heterocycles. The van der Waals surface area contributed by atoms with Gasteiger partial charge in [0.15, 0.2) is 0 Å². The molecule has 0 amide bonds. The summed E-state index contributed by atoms with van der Waals surface area (Å²) < 4.78 is 0. The van der Waals surface area contributed by atoms with Crippen LogP contribution < -0.4 is 0 Å². The average molecular weight is 245 g/mol. The second-order valence-electron chi connectivity index (χ2n) is 3.97. The van der Waals surface area contributed by atoms with Crippen molar-refractivity contribution in [3.05, 3.63) is 58.6 Å². The largest absolute Gasteiger partial charge is 0.151 e. The van der Waals surface area contributed by atoms with Crippen molar-refractivity contribution >= 4 is 23.0 Å². The maximum absolute atomic E-state index is 5.95. The van der Waals surface area contributed by atoms with E-state index in [9.17, 15) is 0 Å². The summed E-state index contributed by atoms with van der Waals surface area (Å²) in [6.07, 6.45) is 0. The highest BCUT2D eigenvalue weighted by molar-refractivity contribution is 6.31. The van der Waals surface area contributed by atoms with Crippen molar-refractivity contribution in [2.45, 2.75) is 13.8 Å². The molecule has 17 heavy (non-hydrogen) atoms. The van der Waals surface area contributed by atoms with Crippen LogP contribution >= 0.6 is 11.6 Å². The minimum Gasteiger partial charge on any atom is -0.151 e. The molecule has 0 saturated carbocycles. The first-order chi connectivity index (χ1) is 8.15. The Bertz CT molecular complexity index is 562. The van der Waals surface area contributed by atoms with Crippen LogP contribution in [0.3, 0.4) is 0 Å². The zero-order chi connectivity index (χ0) is 12.3. The number of aryl methyl sites for hydroxylation is 2. The lowest BCUT2D eigenvalue weighted by Crippen LogP contribution is -1.73. The Balaban J connectivity index is 2.23. The highest BCUT2D eigenvalue weighted by Crippen LogP contribution is 2.23. The predicted molar refractivity (Wildman–Crippen MR) is 71.5 cm³/mol. The van der Waals surface area contributed by atoms with Gasteiger partial charge in [0, 0.05) is 5.02 Å². The van der Waals surface area contributed by atoms with Crippen LogP contribution in [0.2, 0.25) is 5.02 Å². The van der Waals surface area contributed by atoms with E-state index in [4.69, 9.17) is 11.6 Å². The van der Waals surface area contributed by atoms with Gasteiger partial charge in [-0.15, -0.1) is 0 Å². The molecule has 2 nitrogen and oxygen atoms in total. The van der Waals surface area contributed by atoms with Gasteiger partial charge >= 0.3 is 0 Å². The fraction of sp³-hybridized carbons (Fsp3) is 0.143. The van der Waals surface area contributed by atoms with Gasteiger partial charge in [0.05, 0.1) is 11.4 Å². The van der Waals surface area contributed by atoms with Crippen molar-refractivity contribution < 1.29 is 0 Å².